The van der Waals surface area contributed by atoms with Gasteiger partial charge in [0, 0.05) is 5.70 Å². The lowest BCUT2D eigenvalue weighted by molar-refractivity contribution is -0.133. The lowest BCUT2D eigenvalue weighted by Crippen LogP contribution is -2.35. The van der Waals surface area contributed by atoms with Gasteiger partial charge < -0.3 is 21.3 Å². The summed E-state index contributed by atoms with van der Waals surface area (Å²) in [5, 5.41) is 21.7. The molecule has 0 saturated carbocycles. The Bertz CT molecular complexity index is 704. The quantitative estimate of drug-likeness (QED) is 0.670. The van der Waals surface area contributed by atoms with Crippen LogP contribution in [0, 0.1) is 0 Å². The summed E-state index contributed by atoms with van der Waals surface area (Å²) in [6.07, 6.45) is 0. The van der Waals surface area contributed by atoms with E-state index in [4.69, 9.17) is 28.9 Å². The predicted octanol–water partition coefficient (Wildman–Crippen LogP) is 2.29. The molecule has 0 saturated heterocycles. The Morgan fingerprint density at radius 3 is 2.32 bits per heavy atom. The summed E-state index contributed by atoms with van der Waals surface area (Å²) >= 11 is 12.1. The molecule has 0 amide bonds. The van der Waals surface area contributed by atoms with E-state index < -0.39 is 17.9 Å². The van der Waals surface area contributed by atoms with Gasteiger partial charge in [0.15, 0.2) is 0 Å². The molecule has 1 heterocycles. The van der Waals surface area contributed by atoms with Crippen LogP contribution in [0.25, 0.3) is 0 Å². The van der Waals surface area contributed by atoms with E-state index in [1.165, 1.54) is 19.1 Å². The standard InChI is InChI=1S/C14H12Cl2N2O4/c1-5-8(13(19)20)9(10(14(21)22)12(17)18-5)6-3-2-4-7(15)11(6)16/h2-4,9,18H,17H2,1H3,(H,19,20)(H,21,22). The van der Waals surface area contributed by atoms with Crippen molar-refractivity contribution < 1.29 is 19.8 Å². The number of allylic oxidation sites excluding steroid dienone is 1. The smallest absolute Gasteiger partial charge is 0.336 e. The van der Waals surface area contributed by atoms with E-state index in [1.807, 2.05) is 0 Å². The summed E-state index contributed by atoms with van der Waals surface area (Å²) in [5.41, 5.74) is 5.82. The van der Waals surface area contributed by atoms with Gasteiger partial charge in [0.25, 0.3) is 0 Å². The molecule has 0 aromatic heterocycles. The fourth-order valence-corrected chi connectivity index (χ4v) is 2.85. The zero-order valence-corrected chi connectivity index (χ0v) is 12.9. The highest BCUT2D eigenvalue weighted by atomic mass is 35.5. The number of carbonyl (C=O) groups is 2. The van der Waals surface area contributed by atoms with Gasteiger partial charge in [-0.15, -0.1) is 0 Å². The number of hydrogen-bond acceptors (Lipinski definition) is 4. The zero-order chi connectivity index (χ0) is 16.6. The minimum atomic E-state index is -1.34. The second-order valence-corrected chi connectivity index (χ2v) is 5.46. The van der Waals surface area contributed by atoms with Gasteiger partial charge in [0.1, 0.15) is 5.82 Å². The third-order valence-corrected chi connectivity index (χ3v) is 4.18. The van der Waals surface area contributed by atoms with E-state index >= 15 is 0 Å². The van der Waals surface area contributed by atoms with E-state index in [0.717, 1.165) is 0 Å². The molecule has 5 N–H and O–H groups in total. The number of nitrogens with one attached hydrogen (secondary N) is 1. The Balaban J connectivity index is 2.78. The maximum atomic E-state index is 11.6. The van der Waals surface area contributed by atoms with Crippen molar-refractivity contribution >= 4 is 35.1 Å². The predicted molar refractivity (Wildman–Crippen MR) is 81.5 cm³/mol. The van der Waals surface area contributed by atoms with Gasteiger partial charge in [-0.05, 0) is 18.6 Å². The number of halogens is 2. The first-order valence-corrected chi connectivity index (χ1v) is 6.89. The summed E-state index contributed by atoms with van der Waals surface area (Å²) in [7, 11) is 0. The number of carboxylic acids is 2. The first kappa shape index (κ1) is 16.2. The Kier molecular flexibility index (Phi) is 4.35. The highest BCUT2D eigenvalue weighted by molar-refractivity contribution is 6.42. The first-order chi connectivity index (χ1) is 10.3. The molecule has 0 fully saturated rings. The minimum Gasteiger partial charge on any atom is -0.478 e. The lowest BCUT2D eigenvalue weighted by atomic mass is 9.81. The van der Waals surface area contributed by atoms with Crippen molar-refractivity contribution in [1.29, 1.82) is 0 Å². The van der Waals surface area contributed by atoms with Crippen molar-refractivity contribution in [2.24, 2.45) is 5.73 Å². The van der Waals surface area contributed by atoms with Crippen LogP contribution in [0.5, 0.6) is 0 Å². The molecule has 0 bridgehead atoms. The topological polar surface area (TPSA) is 113 Å². The van der Waals surface area contributed by atoms with Gasteiger partial charge in [0.05, 0.1) is 27.1 Å². The van der Waals surface area contributed by atoms with E-state index in [1.54, 1.807) is 6.07 Å². The molecule has 1 unspecified atom stereocenters. The average Bonchev–Trinajstić information content (AvgIpc) is 2.39. The van der Waals surface area contributed by atoms with Crippen molar-refractivity contribution in [2.75, 3.05) is 0 Å². The zero-order valence-electron chi connectivity index (χ0n) is 11.4. The number of rotatable bonds is 3. The highest BCUT2D eigenvalue weighted by Gasteiger charge is 2.38. The molecular weight excluding hydrogens is 331 g/mol. The van der Waals surface area contributed by atoms with Crippen LogP contribution in [0.2, 0.25) is 10.0 Å². The lowest BCUT2D eigenvalue weighted by Gasteiger charge is -2.28. The molecule has 116 valence electrons. The molecule has 1 atom stereocenters. The molecule has 1 aliphatic rings. The summed E-state index contributed by atoms with van der Waals surface area (Å²) in [5.74, 6) is -3.85. The maximum absolute atomic E-state index is 11.6. The highest BCUT2D eigenvalue weighted by Crippen LogP contribution is 2.42. The summed E-state index contributed by atoms with van der Waals surface area (Å²) < 4.78 is 0. The average molecular weight is 343 g/mol. The third kappa shape index (κ3) is 2.63. The van der Waals surface area contributed by atoms with Crippen LogP contribution in [0.15, 0.2) is 40.9 Å². The molecule has 22 heavy (non-hydrogen) atoms. The Labute approximate surface area is 135 Å². The van der Waals surface area contributed by atoms with Gasteiger partial charge in [-0.25, -0.2) is 9.59 Å². The molecule has 0 spiro atoms. The molecule has 1 aliphatic heterocycles. The molecule has 6 nitrogen and oxygen atoms in total. The maximum Gasteiger partial charge on any atom is 0.336 e. The van der Waals surface area contributed by atoms with Crippen molar-refractivity contribution in [3.63, 3.8) is 0 Å². The Hall–Kier alpha value is -2.18. The van der Waals surface area contributed by atoms with Crippen LogP contribution < -0.4 is 11.1 Å². The van der Waals surface area contributed by atoms with E-state index in [9.17, 15) is 19.8 Å². The molecule has 2 rings (SSSR count). The van der Waals surface area contributed by atoms with E-state index in [-0.39, 0.29) is 38.3 Å². The number of aliphatic carboxylic acids is 2. The van der Waals surface area contributed by atoms with E-state index in [2.05, 4.69) is 5.32 Å². The normalized spacial score (nSPS) is 18.2. The van der Waals surface area contributed by atoms with Gasteiger partial charge in [0.2, 0.25) is 0 Å². The van der Waals surface area contributed by atoms with Gasteiger partial charge in [-0.2, -0.15) is 0 Å². The SMILES string of the molecule is CC1=C(C(=O)O)C(c2cccc(Cl)c2Cl)C(C(=O)O)=C(N)N1. The van der Waals surface area contributed by atoms with Crippen molar-refractivity contribution in [3.05, 3.63) is 56.5 Å². The van der Waals surface area contributed by atoms with Crippen molar-refractivity contribution in [2.45, 2.75) is 12.8 Å². The molecule has 1 aromatic rings. The Morgan fingerprint density at radius 1 is 1.18 bits per heavy atom. The minimum absolute atomic E-state index is 0.0918. The monoisotopic (exact) mass is 342 g/mol. The number of dihydropyridines is 1. The number of hydrogen-bond donors (Lipinski definition) is 4. The van der Waals surface area contributed by atoms with Crippen molar-refractivity contribution in [1.82, 2.24) is 5.32 Å². The van der Waals surface area contributed by atoms with Crippen LogP contribution in [0.4, 0.5) is 0 Å². The second-order valence-electron chi connectivity index (χ2n) is 4.68. The summed E-state index contributed by atoms with van der Waals surface area (Å²) in [4.78, 5) is 23.1. The van der Waals surface area contributed by atoms with Gasteiger partial charge in [-0.1, -0.05) is 35.3 Å². The van der Waals surface area contributed by atoms with E-state index in [0.29, 0.717) is 0 Å². The fraction of sp³-hybridized carbons (Fsp3) is 0.143. The van der Waals surface area contributed by atoms with Crippen LogP contribution >= 0.6 is 23.2 Å². The van der Waals surface area contributed by atoms with Crippen LogP contribution in [-0.2, 0) is 9.59 Å². The molecular formula is C14H12Cl2N2O4. The Morgan fingerprint density at radius 2 is 1.77 bits per heavy atom. The van der Waals surface area contributed by atoms with Crippen LogP contribution in [0.3, 0.4) is 0 Å². The van der Waals surface area contributed by atoms with Crippen LogP contribution in [0.1, 0.15) is 18.4 Å². The number of benzene rings is 1. The summed E-state index contributed by atoms with van der Waals surface area (Å²) in [6.45, 7) is 1.50. The fourth-order valence-electron chi connectivity index (χ4n) is 2.43. The van der Waals surface area contributed by atoms with Gasteiger partial charge in [-0.3, -0.25) is 0 Å². The molecule has 1 aromatic carbocycles. The number of nitrogens with two attached hydrogens (primary N) is 1. The van der Waals surface area contributed by atoms with Gasteiger partial charge >= 0.3 is 11.9 Å². The van der Waals surface area contributed by atoms with Crippen molar-refractivity contribution in [3.8, 4) is 0 Å². The second kappa shape index (κ2) is 5.90. The molecule has 8 heteroatoms. The number of carboxylic acid groups (broad SMARTS) is 2. The largest absolute Gasteiger partial charge is 0.478 e. The van der Waals surface area contributed by atoms with Crippen LogP contribution in [-0.4, -0.2) is 22.2 Å². The third-order valence-electron chi connectivity index (χ3n) is 3.35. The summed E-state index contributed by atoms with van der Waals surface area (Å²) in [6, 6.07) is 4.62. The first-order valence-electron chi connectivity index (χ1n) is 6.13. The molecule has 0 aliphatic carbocycles. The molecule has 0 radical (unpaired) electrons.